The van der Waals surface area contributed by atoms with E-state index in [1.54, 1.807) is 13.1 Å². The third-order valence-corrected chi connectivity index (χ3v) is 3.04. The maximum Gasteiger partial charge on any atom is 0.308 e. The maximum absolute atomic E-state index is 12.3. The molecule has 0 atom stereocenters. The number of pyridine rings is 1. The summed E-state index contributed by atoms with van der Waals surface area (Å²) >= 11 is 0. The quantitative estimate of drug-likeness (QED) is 0.661. The minimum Gasteiger partial charge on any atom is -0.492 e. The predicted molar refractivity (Wildman–Crippen MR) is 76.2 cm³/mol. The SMILES string of the molecule is COc1c(OC(C)=O)c(=O)n(C)c2cc(C)cc(N)c12. The minimum atomic E-state index is -0.592. The van der Waals surface area contributed by atoms with Gasteiger partial charge in [0.05, 0.1) is 18.0 Å². The Hall–Kier alpha value is -2.50. The fourth-order valence-corrected chi connectivity index (χ4v) is 2.21. The fraction of sp³-hybridized carbons (Fsp3) is 0.286. The summed E-state index contributed by atoms with van der Waals surface area (Å²) < 4.78 is 11.6. The summed E-state index contributed by atoms with van der Waals surface area (Å²) in [6.07, 6.45) is 0. The van der Waals surface area contributed by atoms with Gasteiger partial charge in [-0.2, -0.15) is 0 Å². The highest BCUT2D eigenvalue weighted by molar-refractivity contribution is 5.98. The van der Waals surface area contributed by atoms with Crippen LogP contribution in [0.3, 0.4) is 0 Å². The summed E-state index contributed by atoms with van der Waals surface area (Å²) in [5.41, 5.74) is 7.57. The van der Waals surface area contributed by atoms with Crippen molar-refractivity contribution < 1.29 is 14.3 Å². The smallest absolute Gasteiger partial charge is 0.308 e. The van der Waals surface area contributed by atoms with E-state index in [-0.39, 0.29) is 11.5 Å². The van der Waals surface area contributed by atoms with Crippen LogP contribution in [-0.2, 0) is 11.8 Å². The highest BCUT2D eigenvalue weighted by atomic mass is 16.6. The Labute approximate surface area is 115 Å². The Morgan fingerprint density at radius 2 is 1.95 bits per heavy atom. The van der Waals surface area contributed by atoms with Gasteiger partial charge in [0.1, 0.15) is 0 Å². The molecular weight excluding hydrogens is 260 g/mol. The zero-order valence-electron chi connectivity index (χ0n) is 11.8. The van der Waals surface area contributed by atoms with Crippen molar-refractivity contribution in [3.8, 4) is 11.5 Å². The summed E-state index contributed by atoms with van der Waals surface area (Å²) in [7, 11) is 3.00. The molecule has 0 saturated heterocycles. The second-order valence-electron chi connectivity index (χ2n) is 4.57. The molecule has 0 aliphatic carbocycles. The average Bonchev–Trinajstić information content (AvgIpc) is 2.36. The van der Waals surface area contributed by atoms with Gasteiger partial charge < -0.3 is 19.8 Å². The molecule has 2 aromatic rings. The number of benzene rings is 1. The van der Waals surface area contributed by atoms with Crippen LogP contribution in [0, 0.1) is 6.92 Å². The van der Waals surface area contributed by atoms with Crippen molar-refractivity contribution in [1.82, 2.24) is 4.57 Å². The van der Waals surface area contributed by atoms with Crippen LogP contribution in [0.1, 0.15) is 12.5 Å². The van der Waals surface area contributed by atoms with Crippen LogP contribution in [0.5, 0.6) is 11.5 Å². The van der Waals surface area contributed by atoms with Gasteiger partial charge in [0.15, 0.2) is 5.75 Å². The lowest BCUT2D eigenvalue weighted by molar-refractivity contribution is -0.132. The van der Waals surface area contributed by atoms with Gasteiger partial charge in [0.2, 0.25) is 5.75 Å². The average molecular weight is 276 g/mol. The molecular formula is C14H16N2O4. The second-order valence-corrected chi connectivity index (χ2v) is 4.57. The molecule has 2 N–H and O–H groups in total. The van der Waals surface area contributed by atoms with Gasteiger partial charge in [-0.1, -0.05) is 0 Å². The van der Waals surface area contributed by atoms with Crippen molar-refractivity contribution in [1.29, 1.82) is 0 Å². The molecule has 6 nitrogen and oxygen atoms in total. The van der Waals surface area contributed by atoms with Gasteiger partial charge in [-0.3, -0.25) is 9.59 Å². The summed E-state index contributed by atoms with van der Waals surface area (Å²) in [4.78, 5) is 23.4. The van der Waals surface area contributed by atoms with E-state index in [1.807, 2.05) is 13.0 Å². The van der Waals surface area contributed by atoms with Crippen molar-refractivity contribution in [2.24, 2.45) is 7.05 Å². The number of hydrogen-bond acceptors (Lipinski definition) is 5. The number of nitrogens with zero attached hydrogens (tertiary/aromatic N) is 1. The van der Waals surface area contributed by atoms with E-state index in [0.29, 0.717) is 16.6 Å². The van der Waals surface area contributed by atoms with Crippen molar-refractivity contribution in [2.45, 2.75) is 13.8 Å². The van der Waals surface area contributed by atoms with Crippen LogP contribution < -0.4 is 20.8 Å². The van der Waals surface area contributed by atoms with E-state index in [4.69, 9.17) is 15.2 Å². The number of nitrogens with two attached hydrogens (primary N) is 1. The van der Waals surface area contributed by atoms with Gasteiger partial charge in [-0.05, 0) is 24.6 Å². The first-order valence-corrected chi connectivity index (χ1v) is 6.02. The number of carbonyl (C=O) groups excluding carboxylic acids is 1. The van der Waals surface area contributed by atoms with Crippen LogP contribution in [0.2, 0.25) is 0 Å². The molecule has 0 aliphatic heterocycles. The number of anilines is 1. The van der Waals surface area contributed by atoms with Crippen LogP contribution >= 0.6 is 0 Å². The number of rotatable bonds is 2. The predicted octanol–water partition coefficient (Wildman–Crippen LogP) is 1.36. The van der Waals surface area contributed by atoms with Crippen LogP contribution in [0.4, 0.5) is 5.69 Å². The number of hydrogen-bond donors (Lipinski definition) is 1. The number of esters is 1. The molecule has 1 heterocycles. The molecule has 0 unspecified atom stereocenters. The van der Waals surface area contributed by atoms with Crippen molar-refractivity contribution >= 4 is 22.6 Å². The van der Waals surface area contributed by atoms with Gasteiger partial charge in [-0.15, -0.1) is 0 Å². The fourth-order valence-electron chi connectivity index (χ4n) is 2.21. The zero-order valence-corrected chi connectivity index (χ0v) is 11.8. The first kappa shape index (κ1) is 13.9. The number of carbonyl (C=O) groups is 1. The van der Waals surface area contributed by atoms with E-state index in [0.717, 1.165) is 5.56 Å². The molecule has 6 heteroatoms. The number of aryl methyl sites for hydroxylation is 2. The molecule has 0 fully saturated rings. The first-order valence-electron chi connectivity index (χ1n) is 6.02. The van der Waals surface area contributed by atoms with Crippen LogP contribution in [-0.4, -0.2) is 17.6 Å². The Balaban J connectivity index is 2.99. The standard InChI is InChI=1S/C14H16N2O4/c1-7-5-9(15)11-10(6-7)16(3)14(18)13(12(11)19-4)20-8(2)17/h5-6H,15H2,1-4H3. The molecule has 0 spiro atoms. The third kappa shape index (κ3) is 2.09. The third-order valence-electron chi connectivity index (χ3n) is 3.04. The second kappa shape index (κ2) is 4.88. The molecule has 1 aromatic heterocycles. The normalized spacial score (nSPS) is 10.6. The summed E-state index contributed by atoms with van der Waals surface area (Å²) in [6, 6.07) is 3.60. The Morgan fingerprint density at radius 1 is 1.30 bits per heavy atom. The molecule has 0 saturated carbocycles. The van der Waals surface area contributed by atoms with Crippen LogP contribution in [0.25, 0.3) is 10.9 Å². The molecule has 0 amide bonds. The number of fused-ring (bicyclic) bond motifs is 1. The Morgan fingerprint density at radius 3 is 2.50 bits per heavy atom. The van der Waals surface area contributed by atoms with E-state index >= 15 is 0 Å². The first-order chi connectivity index (χ1) is 9.36. The van der Waals surface area contributed by atoms with Crippen molar-refractivity contribution in [3.05, 3.63) is 28.0 Å². The van der Waals surface area contributed by atoms with Crippen LogP contribution in [0.15, 0.2) is 16.9 Å². The molecule has 0 radical (unpaired) electrons. The van der Waals surface area contributed by atoms with Crippen molar-refractivity contribution in [2.75, 3.05) is 12.8 Å². The largest absolute Gasteiger partial charge is 0.492 e. The molecule has 1 aromatic carbocycles. The summed E-state index contributed by atoms with van der Waals surface area (Å²) in [5.74, 6) is -0.563. The van der Waals surface area contributed by atoms with E-state index in [9.17, 15) is 9.59 Å². The van der Waals surface area contributed by atoms with Crippen molar-refractivity contribution in [3.63, 3.8) is 0 Å². The lowest BCUT2D eigenvalue weighted by atomic mass is 10.1. The van der Waals surface area contributed by atoms with E-state index < -0.39 is 11.5 Å². The monoisotopic (exact) mass is 276 g/mol. The highest BCUT2D eigenvalue weighted by Gasteiger charge is 2.20. The Bertz CT molecular complexity index is 762. The van der Waals surface area contributed by atoms with E-state index in [2.05, 4.69) is 0 Å². The molecule has 106 valence electrons. The summed E-state index contributed by atoms with van der Waals surface area (Å²) in [5, 5.41) is 0.552. The Kier molecular flexibility index (Phi) is 3.40. The summed E-state index contributed by atoms with van der Waals surface area (Å²) in [6.45, 7) is 3.11. The minimum absolute atomic E-state index is 0.148. The molecule has 2 rings (SSSR count). The molecule has 0 bridgehead atoms. The zero-order chi connectivity index (χ0) is 15.0. The maximum atomic E-state index is 12.3. The van der Waals surface area contributed by atoms with Gasteiger partial charge >= 0.3 is 5.97 Å². The van der Waals surface area contributed by atoms with Gasteiger partial charge in [-0.25, -0.2) is 0 Å². The molecule has 20 heavy (non-hydrogen) atoms. The number of methoxy groups -OCH3 is 1. The van der Waals surface area contributed by atoms with E-state index in [1.165, 1.54) is 18.6 Å². The topological polar surface area (TPSA) is 83.5 Å². The number of nitrogen functional groups attached to an aromatic ring is 1. The van der Waals surface area contributed by atoms with Gasteiger partial charge in [0, 0.05) is 19.7 Å². The number of aromatic nitrogens is 1. The number of ether oxygens (including phenoxy) is 2. The highest BCUT2D eigenvalue weighted by Crippen LogP contribution is 2.36. The lowest BCUT2D eigenvalue weighted by Crippen LogP contribution is -2.22. The molecule has 0 aliphatic rings. The van der Waals surface area contributed by atoms with Gasteiger partial charge in [0.25, 0.3) is 5.56 Å². The lowest BCUT2D eigenvalue weighted by Gasteiger charge is -2.15.